The number of methoxy groups -OCH3 is 2. The second-order valence-electron chi connectivity index (χ2n) is 6.03. The van der Waals surface area contributed by atoms with Crippen LogP contribution in [0.5, 0.6) is 17.2 Å². The van der Waals surface area contributed by atoms with Gasteiger partial charge in [-0.1, -0.05) is 18.2 Å². The number of nitrogens with zero attached hydrogens (tertiary/aromatic N) is 2. The predicted octanol–water partition coefficient (Wildman–Crippen LogP) is 2.66. The van der Waals surface area contributed by atoms with E-state index in [1.54, 1.807) is 47.2 Å². The molecule has 2 amide bonds. The van der Waals surface area contributed by atoms with Crippen molar-refractivity contribution in [1.82, 2.24) is 9.80 Å². The van der Waals surface area contributed by atoms with Crippen LogP contribution in [-0.4, -0.2) is 62.2 Å². The van der Waals surface area contributed by atoms with Gasteiger partial charge in [0.2, 0.25) is 0 Å². The van der Waals surface area contributed by atoms with Crippen LogP contribution in [0.25, 0.3) is 0 Å². The number of piperazine rings is 1. The highest BCUT2D eigenvalue weighted by molar-refractivity contribution is 5.97. The molecule has 1 saturated heterocycles. The van der Waals surface area contributed by atoms with Gasteiger partial charge in [-0.2, -0.15) is 0 Å². The lowest BCUT2D eigenvalue weighted by molar-refractivity contribution is 0.0630. The third-order valence-corrected chi connectivity index (χ3v) is 4.41. The molecule has 7 nitrogen and oxygen atoms in total. The molecule has 0 atom stereocenters. The number of rotatable bonds is 4. The van der Waals surface area contributed by atoms with Gasteiger partial charge in [0.05, 0.1) is 19.8 Å². The van der Waals surface area contributed by atoms with Crippen LogP contribution in [-0.2, 0) is 0 Å². The molecule has 1 heterocycles. The fourth-order valence-electron chi connectivity index (χ4n) is 2.89. The SMILES string of the molecule is COc1ccc(C(=O)N2CCN(C(=O)Oc3ccccc3)CC2)c(OC)c1. The van der Waals surface area contributed by atoms with Crippen LogP contribution < -0.4 is 14.2 Å². The van der Waals surface area contributed by atoms with E-state index in [0.29, 0.717) is 49.0 Å². The van der Waals surface area contributed by atoms with E-state index in [-0.39, 0.29) is 5.91 Å². The molecule has 1 aliphatic rings. The topological polar surface area (TPSA) is 68.3 Å². The van der Waals surface area contributed by atoms with Crippen molar-refractivity contribution in [1.29, 1.82) is 0 Å². The average molecular weight is 370 g/mol. The molecule has 0 unspecified atom stereocenters. The van der Waals surface area contributed by atoms with Gasteiger partial charge in [0, 0.05) is 32.2 Å². The maximum atomic E-state index is 12.8. The van der Waals surface area contributed by atoms with E-state index < -0.39 is 6.09 Å². The number of amides is 2. The first-order chi connectivity index (χ1) is 13.1. The summed E-state index contributed by atoms with van der Waals surface area (Å²) in [5.41, 5.74) is 0.471. The van der Waals surface area contributed by atoms with Gasteiger partial charge in [0.1, 0.15) is 17.2 Å². The van der Waals surface area contributed by atoms with Crippen LogP contribution in [0.4, 0.5) is 4.79 Å². The second kappa shape index (κ2) is 8.44. The summed E-state index contributed by atoms with van der Waals surface area (Å²) in [6.45, 7) is 1.68. The molecule has 2 aromatic carbocycles. The molecule has 0 aliphatic carbocycles. The molecule has 27 heavy (non-hydrogen) atoms. The number of hydrogen-bond donors (Lipinski definition) is 0. The van der Waals surface area contributed by atoms with Crippen molar-refractivity contribution in [2.45, 2.75) is 0 Å². The highest BCUT2D eigenvalue weighted by Gasteiger charge is 2.27. The number of ether oxygens (including phenoxy) is 3. The first-order valence-corrected chi connectivity index (χ1v) is 8.65. The van der Waals surface area contributed by atoms with Crippen molar-refractivity contribution in [2.24, 2.45) is 0 Å². The Balaban J connectivity index is 1.60. The summed E-state index contributed by atoms with van der Waals surface area (Å²) in [7, 11) is 3.08. The van der Waals surface area contributed by atoms with E-state index >= 15 is 0 Å². The van der Waals surface area contributed by atoms with Crippen LogP contribution >= 0.6 is 0 Å². The Morgan fingerprint density at radius 3 is 2.11 bits per heavy atom. The van der Waals surface area contributed by atoms with Gasteiger partial charge in [-0.25, -0.2) is 4.79 Å². The third kappa shape index (κ3) is 4.31. The summed E-state index contributed by atoms with van der Waals surface area (Å²) < 4.78 is 15.8. The lowest BCUT2D eigenvalue weighted by atomic mass is 10.1. The number of para-hydroxylation sites is 1. The zero-order valence-electron chi connectivity index (χ0n) is 15.4. The summed E-state index contributed by atoms with van der Waals surface area (Å²) in [6.07, 6.45) is -0.407. The lowest BCUT2D eigenvalue weighted by Gasteiger charge is -2.34. The van der Waals surface area contributed by atoms with Gasteiger partial charge in [-0.05, 0) is 24.3 Å². The van der Waals surface area contributed by atoms with Crippen LogP contribution in [0.3, 0.4) is 0 Å². The quantitative estimate of drug-likeness (QED) is 0.828. The Kier molecular flexibility index (Phi) is 5.80. The van der Waals surface area contributed by atoms with E-state index in [0.717, 1.165) is 0 Å². The Morgan fingerprint density at radius 2 is 1.48 bits per heavy atom. The van der Waals surface area contributed by atoms with Crippen LogP contribution in [0.2, 0.25) is 0 Å². The van der Waals surface area contributed by atoms with E-state index in [9.17, 15) is 9.59 Å². The Labute approximate surface area is 158 Å². The fourth-order valence-corrected chi connectivity index (χ4v) is 2.89. The van der Waals surface area contributed by atoms with Crippen molar-refractivity contribution >= 4 is 12.0 Å². The number of benzene rings is 2. The lowest BCUT2D eigenvalue weighted by Crippen LogP contribution is -2.51. The van der Waals surface area contributed by atoms with Crippen molar-refractivity contribution < 1.29 is 23.8 Å². The Morgan fingerprint density at radius 1 is 0.815 bits per heavy atom. The summed E-state index contributed by atoms with van der Waals surface area (Å²) in [5, 5.41) is 0. The standard InChI is InChI=1S/C20H22N2O5/c1-25-16-8-9-17(18(14-16)26-2)19(23)21-10-12-22(13-11-21)20(24)27-15-6-4-3-5-7-15/h3-9,14H,10-13H2,1-2H3. The average Bonchev–Trinajstić information content (AvgIpc) is 2.73. The van der Waals surface area contributed by atoms with Crippen molar-refractivity contribution in [3.8, 4) is 17.2 Å². The summed E-state index contributed by atoms with van der Waals surface area (Å²) in [6, 6.07) is 14.0. The molecular formula is C20H22N2O5. The molecule has 7 heteroatoms. The second-order valence-corrected chi connectivity index (χ2v) is 6.03. The first-order valence-electron chi connectivity index (χ1n) is 8.65. The minimum Gasteiger partial charge on any atom is -0.497 e. The molecule has 142 valence electrons. The first kappa shape index (κ1) is 18.6. The molecule has 0 aromatic heterocycles. The van der Waals surface area contributed by atoms with Crippen LogP contribution in [0.1, 0.15) is 10.4 Å². The van der Waals surface area contributed by atoms with E-state index in [2.05, 4.69) is 0 Å². The highest BCUT2D eigenvalue weighted by atomic mass is 16.6. The van der Waals surface area contributed by atoms with Crippen LogP contribution in [0.15, 0.2) is 48.5 Å². The van der Waals surface area contributed by atoms with Gasteiger partial charge < -0.3 is 24.0 Å². The molecule has 0 bridgehead atoms. The van der Waals surface area contributed by atoms with Gasteiger partial charge in [-0.15, -0.1) is 0 Å². The molecular weight excluding hydrogens is 348 g/mol. The molecule has 0 saturated carbocycles. The summed E-state index contributed by atoms with van der Waals surface area (Å²) in [4.78, 5) is 28.4. The summed E-state index contributed by atoms with van der Waals surface area (Å²) >= 11 is 0. The number of carbonyl (C=O) groups is 2. The van der Waals surface area contributed by atoms with Gasteiger partial charge in [-0.3, -0.25) is 4.79 Å². The third-order valence-electron chi connectivity index (χ3n) is 4.41. The minimum absolute atomic E-state index is 0.134. The smallest absolute Gasteiger partial charge is 0.415 e. The maximum Gasteiger partial charge on any atom is 0.415 e. The van der Waals surface area contributed by atoms with Crippen molar-refractivity contribution in [3.05, 3.63) is 54.1 Å². The molecule has 0 N–H and O–H groups in total. The molecule has 2 aromatic rings. The molecule has 0 spiro atoms. The van der Waals surface area contributed by atoms with E-state index in [1.807, 2.05) is 18.2 Å². The summed E-state index contributed by atoms with van der Waals surface area (Å²) in [5.74, 6) is 1.46. The molecule has 0 radical (unpaired) electrons. The normalized spacial score (nSPS) is 13.9. The van der Waals surface area contributed by atoms with Crippen molar-refractivity contribution in [3.63, 3.8) is 0 Å². The molecule has 1 aliphatic heterocycles. The predicted molar refractivity (Wildman–Crippen MR) is 99.5 cm³/mol. The van der Waals surface area contributed by atoms with E-state index in [1.165, 1.54) is 7.11 Å². The molecule has 1 fully saturated rings. The molecule has 3 rings (SSSR count). The monoisotopic (exact) mass is 370 g/mol. The van der Waals surface area contributed by atoms with Crippen LogP contribution in [0, 0.1) is 0 Å². The van der Waals surface area contributed by atoms with Crippen molar-refractivity contribution in [2.75, 3.05) is 40.4 Å². The van der Waals surface area contributed by atoms with E-state index in [4.69, 9.17) is 14.2 Å². The van der Waals surface area contributed by atoms with Gasteiger partial charge >= 0.3 is 6.09 Å². The number of carbonyl (C=O) groups excluding carboxylic acids is 2. The minimum atomic E-state index is -0.407. The zero-order chi connectivity index (χ0) is 19.2. The zero-order valence-corrected chi connectivity index (χ0v) is 15.4. The van der Waals surface area contributed by atoms with Gasteiger partial charge in [0.25, 0.3) is 5.91 Å². The highest BCUT2D eigenvalue weighted by Crippen LogP contribution is 2.26. The Bertz CT molecular complexity index is 801. The largest absolute Gasteiger partial charge is 0.497 e. The Hall–Kier alpha value is -3.22. The number of hydrogen-bond acceptors (Lipinski definition) is 5. The fraction of sp³-hybridized carbons (Fsp3) is 0.300. The van der Waals surface area contributed by atoms with Gasteiger partial charge in [0.15, 0.2) is 0 Å². The maximum absolute atomic E-state index is 12.8.